The van der Waals surface area contributed by atoms with Gasteiger partial charge in [-0.3, -0.25) is 4.79 Å². The summed E-state index contributed by atoms with van der Waals surface area (Å²) in [7, 11) is 0. The molecule has 2 N–H and O–H groups in total. The van der Waals surface area contributed by atoms with Gasteiger partial charge in [0.15, 0.2) is 0 Å². The van der Waals surface area contributed by atoms with Crippen LogP contribution in [0.3, 0.4) is 0 Å². The highest BCUT2D eigenvalue weighted by molar-refractivity contribution is 5.85. The normalized spacial score (nSPS) is 49.7. The molecule has 4 saturated carbocycles. The average Bonchev–Trinajstić information content (AvgIpc) is 2.75. The minimum Gasteiger partial charge on any atom is -0.351 e. The Hall–Kier alpha value is -0.280. The minimum atomic E-state index is 0. The molecule has 4 aliphatic carbocycles. The topological polar surface area (TPSA) is 41.1 Å². The molecule has 3 nitrogen and oxygen atoms in total. The molecule has 1 amide bonds. The molecule has 4 heteroatoms. The van der Waals surface area contributed by atoms with Crippen LogP contribution in [0.5, 0.6) is 0 Å². The summed E-state index contributed by atoms with van der Waals surface area (Å²) in [5.74, 6) is 3.75. The van der Waals surface area contributed by atoms with Gasteiger partial charge >= 0.3 is 0 Å². The SMILES string of the molecule is Cl.O=C(C[C@@H]1C[C@H]2CC[C@@H](C1)N2)NC12CC3CC(CC(C3)C1)C2. The first kappa shape index (κ1) is 16.2. The van der Waals surface area contributed by atoms with Crippen LogP contribution in [-0.2, 0) is 4.79 Å². The Labute approximate surface area is 146 Å². The first-order valence-corrected chi connectivity index (χ1v) is 9.73. The molecule has 6 rings (SSSR count). The standard InChI is InChI=1S/C19H30N2O.ClH/c22-18(8-12-6-16-1-2-17(7-12)20-16)21-19-9-13-3-14(10-19)5-15(4-13)11-19;/h12-17,20H,1-11H2,(H,21,22);1H/t12-,13?,14?,15?,16-,17+,19?;. The second-order valence-corrected chi connectivity index (χ2v) is 9.43. The summed E-state index contributed by atoms with van der Waals surface area (Å²) >= 11 is 0. The zero-order valence-corrected chi connectivity index (χ0v) is 14.9. The van der Waals surface area contributed by atoms with E-state index in [0.29, 0.717) is 23.9 Å². The van der Waals surface area contributed by atoms with Gasteiger partial charge in [-0.05, 0) is 87.9 Å². The maximum atomic E-state index is 12.7. The molecule has 2 aliphatic heterocycles. The summed E-state index contributed by atoms with van der Waals surface area (Å²) in [4.78, 5) is 12.7. The Morgan fingerprint density at radius 1 is 0.913 bits per heavy atom. The van der Waals surface area contributed by atoms with Crippen LogP contribution in [-0.4, -0.2) is 23.5 Å². The third kappa shape index (κ3) is 3.04. The van der Waals surface area contributed by atoms with E-state index in [-0.39, 0.29) is 17.9 Å². The van der Waals surface area contributed by atoms with Gasteiger partial charge in [-0.1, -0.05) is 0 Å². The Kier molecular flexibility index (Phi) is 4.16. The van der Waals surface area contributed by atoms with E-state index in [2.05, 4.69) is 10.6 Å². The molecule has 0 spiro atoms. The van der Waals surface area contributed by atoms with Crippen LogP contribution in [0.1, 0.15) is 70.6 Å². The van der Waals surface area contributed by atoms with Crippen LogP contribution in [0.2, 0.25) is 0 Å². The third-order valence-corrected chi connectivity index (χ3v) is 7.49. The van der Waals surface area contributed by atoms with Crippen LogP contribution in [0.25, 0.3) is 0 Å². The zero-order valence-electron chi connectivity index (χ0n) is 14.1. The summed E-state index contributed by atoms with van der Waals surface area (Å²) in [6, 6.07) is 1.41. The van der Waals surface area contributed by atoms with Gasteiger partial charge in [0.05, 0.1) is 0 Å². The van der Waals surface area contributed by atoms with Crippen molar-refractivity contribution in [3.8, 4) is 0 Å². The van der Waals surface area contributed by atoms with Crippen molar-refractivity contribution in [1.82, 2.24) is 10.6 Å². The smallest absolute Gasteiger partial charge is 0.220 e. The molecule has 0 radical (unpaired) electrons. The molecular weight excluding hydrogens is 308 g/mol. The van der Waals surface area contributed by atoms with Gasteiger partial charge in [0.25, 0.3) is 0 Å². The van der Waals surface area contributed by atoms with Crippen LogP contribution < -0.4 is 10.6 Å². The molecule has 0 aromatic rings. The minimum absolute atomic E-state index is 0. The Morgan fingerprint density at radius 3 is 1.96 bits per heavy atom. The van der Waals surface area contributed by atoms with E-state index in [4.69, 9.17) is 0 Å². The highest BCUT2D eigenvalue weighted by atomic mass is 35.5. The zero-order chi connectivity index (χ0) is 14.7. The first-order valence-electron chi connectivity index (χ1n) is 9.73. The average molecular weight is 339 g/mol. The van der Waals surface area contributed by atoms with E-state index in [0.717, 1.165) is 24.2 Å². The van der Waals surface area contributed by atoms with Gasteiger partial charge in [-0.15, -0.1) is 12.4 Å². The number of rotatable bonds is 3. The lowest BCUT2D eigenvalue weighted by atomic mass is 9.53. The summed E-state index contributed by atoms with van der Waals surface area (Å²) in [5.41, 5.74) is 0.206. The maximum Gasteiger partial charge on any atom is 0.220 e. The maximum absolute atomic E-state index is 12.7. The van der Waals surface area contributed by atoms with Gasteiger partial charge in [0.2, 0.25) is 5.91 Å². The predicted octanol–water partition coefficient (Wildman–Crippen LogP) is 3.41. The predicted molar refractivity (Wildman–Crippen MR) is 93.6 cm³/mol. The number of carbonyl (C=O) groups is 1. The highest BCUT2D eigenvalue weighted by Crippen LogP contribution is 2.55. The number of amides is 1. The van der Waals surface area contributed by atoms with Crippen LogP contribution in [0.15, 0.2) is 0 Å². The fraction of sp³-hybridized carbons (Fsp3) is 0.947. The largest absolute Gasteiger partial charge is 0.351 e. The van der Waals surface area contributed by atoms with Gasteiger partial charge in [-0.2, -0.15) is 0 Å². The quantitative estimate of drug-likeness (QED) is 0.828. The molecule has 130 valence electrons. The van der Waals surface area contributed by atoms with Crippen LogP contribution >= 0.6 is 12.4 Å². The lowest BCUT2D eigenvalue weighted by Crippen LogP contribution is -2.60. The van der Waals surface area contributed by atoms with Crippen molar-refractivity contribution in [1.29, 1.82) is 0 Å². The molecule has 2 saturated heterocycles. The number of hydrogen-bond donors (Lipinski definition) is 2. The van der Waals surface area contributed by atoms with Gasteiger partial charge in [0.1, 0.15) is 0 Å². The fourth-order valence-corrected chi connectivity index (χ4v) is 7.21. The van der Waals surface area contributed by atoms with Crippen molar-refractivity contribution in [2.24, 2.45) is 23.7 Å². The van der Waals surface area contributed by atoms with Gasteiger partial charge in [-0.25, -0.2) is 0 Å². The summed E-state index contributed by atoms with van der Waals surface area (Å²) in [5, 5.41) is 7.25. The van der Waals surface area contributed by atoms with Gasteiger partial charge < -0.3 is 10.6 Å². The Balaban J connectivity index is 0.00000135. The number of nitrogens with one attached hydrogen (secondary N) is 2. The van der Waals surface area contributed by atoms with E-state index in [1.54, 1.807) is 0 Å². The molecule has 0 aromatic carbocycles. The van der Waals surface area contributed by atoms with E-state index in [1.807, 2.05) is 0 Å². The van der Waals surface area contributed by atoms with E-state index in [1.165, 1.54) is 64.2 Å². The van der Waals surface area contributed by atoms with Gasteiger partial charge in [0, 0.05) is 24.0 Å². The summed E-state index contributed by atoms with van der Waals surface area (Å²) < 4.78 is 0. The molecule has 6 fully saturated rings. The molecular formula is C19H31ClN2O. The molecule has 6 bridgehead atoms. The van der Waals surface area contributed by atoms with Crippen molar-refractivity contribution >= 4 is 18.3 Å². The number of halogens is 1. The Bertz CT molecular complexity index is 433. The highest BCUT2D eigenvalue weighted by Gasteiger charge is 2.51. The Morgan fingerprint density at radius 2 is 1.43 bits per heavy atom. The van der Waals surface area contributed by atoms with E-state index < -0.39 is 0 Å². The molecule has 6 aliphatic rings. The van der Waals surface area contributed by atoms with Crippen molar-refractivity contribution in [2.45, 2.75) is 88.3 Å². The first-order chi connectivity index (χ1) is 10.7. The summed E-state index contributed by atoms with van der Waals surface area (Å²) in [6.45, 7) is 0. The molecule has 23 heavy (non-hydrogen) atoms. The fourth-order valence-electron chi connectivity index (χ4n) is 7.21. The number of piperidine rings is 1. The second kappa shape index (κ2) is 5.91. The van der Waals surface area contributed by atoms with Crippen molar-refractivity contribution in [2.75, 3.05) is 0 Å². The number of fused-ring (bicyclic) bond motifs is 2. The monoisotopic (exact) mass is 338 g/mol. The van der Waals surface area contributed by atoms with E-state index in [9.17, 15) is 4.79 Å². The number of hydrogen-bond acceptors (Lipinski definition) is 2. The van der Waals surface area contributed by atoms with Crippen molar-refractivity contribution in [3.05, 3.63) is 0 Å². The van der Waals surface area contributed by atoms with Crippen LogP contribution in [0, 0.1) is 23.7 Å². The van der Waals surface area contributed by atoms with E-state index >= 15 is 0 Å². The molecule has 3 atom stereocenters. The molecule has 0 aromatic heterocycles. The molecule has 2 heterocycles. The second-order valence-electron chi connectivity index (χ2n) is 9.43. The lowest BCUT2D eigenvalue weighted by Gasteiger charge is -2.57. The van der Waals surface area contributed by atoms with Crippen molar-refractivity contribution in [3.63, 3.8) is 0 Å². The van der Waals surface area contributed by atoms with Crippen molar-refractivity contribution < 1.29 is 4.79 Å². The van der Waals surface area contributed by atoms with Crippen LogP contribution in [0.4, 0.5) is 0 Å². The lowest BCUT2D eigenvalue weighted by molar-refractivity contribution is -0.128. The third-order valence-electron chi connectivity index (χ3n) is 7.49. The summed E-state index contributed by atoms with van der Waals surface area (Å²) in [6.07, 6.45) is 14.1. The number of carbonyl (C=O) groups excluding carboxylic acids is 1. The molecule has 0 unspecified atom stereocenters.